The molecule has 0 bridgehead atoms. The number of aromatic amines is 1. The zero-order chi connectivity index (χ0) is 9.42. The zero-order valence-corrected chi connectivity index (χ0v) is 8.42. The van der Waals surface area contributed by atoms with Crippen molar-refractivity contribution in [1.29, 1.82) is 0 Å². The molecule has 2 rings (SSSR count). The molecular weight excluding hydrogens is 164 g/mol. The van der Waals surface area contributed by atoms with Crippen molar-refractivity contribution in [3.05, 3.63) is 11.4 Å². The van der Waals surface area contributed by atoms with Gasteiger partial charge >= 0.3 is 0 Å². The molecule has 1 N–H and O–H groups in total. The Morgan fingerprint density at radius 1 is 1.46 bits per heavy atom. The van der Waals surface area contributed by atoms with Crippen LogP contribution in [0.5, 0.6) is 6.01 Å². The van der Waals surface area contributed by atoms with E-state index in [0.717, 1.165) is 12.3 Å². The summed E-state index contributed by atoms with van der Waals surface area (Å²) in [6.07, 6.45) is 2.34. The Bertz CT molecular complexity index is 306. The quantitative estimate of drug-likeness (QED) is 0.718. The summed E-state index contributed by atoms with van der Waals surface area (Å²) in [5, 5.41) is 0. The largest absolute Gasteiger partial charge is 0.468 e. The first-order valence-electron chi connectivity index (χ1n) is 4.83. The van der Waals surface area contributed by atoms with E-state index in [4.69, 9.17) is 4.74 Å². The highest BCUT2D eigenvalue weighted by Crippen LogP contribution is 2.33. The van der Waals surface area contributed by atoms with Crippen molar-refractivity contribution in [1.82, 2.24) is 9.97 Å². The third kappa shape index (κ3) is 1.43. The molecule has 0 aromatic carbocycles. The van der Waals surface area contributed by atoms with Gasteiger partial charge in [0.2, 0.25) is 0 Å². The van der Waals surface area contributed by atoms with Crippen molar-refractivity contribution in [3.8, 4) is 6.01 Å². The topological polar surface area (TPSA) is 37.9 Å². The number of ether oxygens (including phenoxy) is 1. The van der Waals surface area contributed by atoms with Gasteiger partial charge in [0.15, 0.2) is 0 Å². The summed E-state index contributed by atoms with van der Waals surface area (Å²) in [5.41, 5.74) is 2.47. The summed E-state index contributed by atoms with van der Waals surface area (Å²) in [5.74, 6) is 1.33. The maximum atomic E-state index is 5.08. The highest BCUT2D eigenvalue weighted by Gasteiger charge is 2.25. The molecule has 0 aliphatic heterocycles. The van der Waals surface area contributed by atoms with Gasteiger partial charge in [0.1, 0.15) is 0 Å². The van der Waals surface area contributed by atoms with E-state index in [1.54, 1.807) is 7.11 Å². The highest BCUT2D eigenvalue weighted by atomic mass is 16.5. The van der Waals surface area contributed by atoms with Crippen molar-refractivity contribution in [2.75, 3.05) is 7.11 Å². The predicted octanol–water partition coefficient (Wildman–Crippen LogP) is 2.10. The first kappa shape index (κ1) is 8.60. The Hall–Kier alpha value is -0.990. The van der Waals surface area contributed by atoms with Crippen LogP contribution in [0.25, 0.3) is 0 Å². The van der Waals surface area contributed by atoms with Gasteiger partial charge in [0.05, 0.1) is 12.8 Å². The molecule has 1 aliphatic carbocycles. The smallest absolute Gasteiger partial charge is 0.293 e. The maximum absolute atomic E-state index is 5.08. The number of nitrogens with one attached hydrogen (secondary N) is 1. The van der Waals surface area contributed by atoms with E-state index in [1.165, 1.54) is 17.8 Å². The number of imidazole rings is 1. The molecule has 1 heterocycles. The molecule has 1 aromatic heterocycles. The third-order valence-electron chi connectivity index (χ3n) is 2.76. The highest BCUT2D eigenvalue weighted by molar-refractivity contribution is 5.24. The number of hydrogen-bond donors (Lipinski definition) is 1. The molecule has 0 saturated carbocycles. The van der Waals surface area contributed by atoms with E-state index in [0.29, 0.717) is 11.9 Å². The van der Waals surface area contributed by atoms with Crippen molar-refractivity contribution in [2.24, 2.45) is 5.92 Å². The minimum Gasteiger partial charge on any atom is -0.468 e. The SMILES string of the molecule is COc1nc2c([nH]1)CC(C)CC2C. The van der Waals surface area contributed by atoms with Gasteiger partial charge in [0.25, 0.3) is 6.01 Å². The summed E-state index contributed by atoms with van der Waals surface area (Å²) < 4.78 is 5.08. The third-order valence-corrected chi connectivity index (χ3v) is 2.76. The zero-order valence-electron chi connectivity index (χ0n) is 8.42. The maximum Gasteiger partial charge on any atom is 0.293 e. The first-order valence-corrected chi connectivity index (χ1v) is 4.83. The van der Waals surface area contributed by atoms with Crippen LogP contribution in [0.3, 0.4) is 0 Å². The van der Waals surface area contributed by atoms with E-state index in [9.17, 15) is 0 Å². The summed E-state index contributed by atoms with van der Waals surface area (Å²) in [6, 6.07) is 0.658. The lowest BCUT2D eigenvalue weighted by molar-refractivity contribution is 0.383. The van der Waals surface area contributed by atoms with Crippen LogP contribution >= 0.6 is 0 Å². The van der Waals surface area contributed by atoms with Crippen LogP contribution < -0.4 is 4.74 Å². The van der Waals surface area contributed by atoms with E-state index in [-0.39, 0.29) is 0 Å². The molecule has 1 aromatic rings. The van der Waals surface area contributed by atoms with Gasteiger partial charge in [-0.05, 0) is 18.8 Å². The lowest BCUT2D eigenvalue weighted by atomic mass is 9.84. The van der Waals surface area contributed by atoms with Crippen molar-refractivity contribution >= 4 is 0 Å². The van der Waals surface area contributed by atoms with Crippen LogP contribution in [0.15, 0.2) is 0 Å². The van der Waals surface area contributed by atoms with E-state index in [1.807, 2.05) is 0 Å². The van der Waals surface area contributed by atoms with Crippen LogP contribution in [0.1, 0.15) is 37.6 Å². The van der Waals surface area contributed by atoms with E-state index in [2.05, 4.69) is 23.8 Å². The number of aromatic nitrogens is 2. The van der Waals surface area contributed by atoms with E-state index >= 15 is 0 Å². The molecule has 0 saturated heterocycles. The molecule has 72 valence electrons. The van der Waals surface area contributed by atoms with Crippen LogP contribution in [0.2, 0.25) is 0 Å². The van der Waals surface area contributed by atoms with Gasteiger partial charge in [-0.15, -0.1) is 0 Å². The summed E-state index contributed by atoms with van der Waals surface area (Å²) in [6.45, 7) is 4.52. The van der Waals surface area contributed by atoms with Gasteiger partial charge in [-0.3, -0.25) is 0 Å². The average Bonchev–Trinajstić information content (AvgIpc) is 2.47. The number of rotatable bonds is 1. The van der Waals surface area contributed by atoms with Gasteiger partial charge in [0, 0.05) is 11.6 Å². The van der Waals surface area contributed by atoms with Gasteiger partial charge in [-0.1, -0.05) is 13.8 Å². The van der Waals surface area contributed by atoms with Crippen molar-refractivity contribution in [3.63, 3.8) is 0 Å². The fourth-order valence-electron chi connectivity index (χ4n) is 2.20. The molecular formula is C10H16N2O. The number of H-pyrrole nitrogens is 1. The first-order chi connectivity index (χ1) is 6.20. The molecule has 13 heavy (non-hydrogen) atoms. The lowest BCUT2D eigenvalue weighted by Crippen LogP contribution is -2.14. The Balaban J connectivity index is 2.35. The second kappa shape index (κ2) is 3.05. The van der Waals surface area contributed by atoms with E-state index < -0.39 is 0 Å². The second-order valence-corrected chi connectivity index (χ2v) is 4.06. The van der Waals surface area contributed by atoms with Gasteiger partial charge in [-0.2, -0.15) is 4.98 Å². The van der Waals surface area contributed by atoms with Crippen LogP contribution in [-0.4, -0.2) is 17.1 Å². The Kier molecular flexibility index (Phi) is 2.02. The molecule has 0 amide bonds. The normalized spacial score (nSPS) is 27.0. The van der Waals surface area contributed by atoms with Crippen LogP contribution in [-0.2, 0) is 6.42 Å². The van der Waals surface area contributed by atoms with Crippen LogP contribution in [0.4, 0.5) is 0 Å². The number of hydrogen-bond acceptors (Lipinski definition) is 2. The summed E-state index contributed by atoms with van der Waals surface area (Å²) in [7, 11) is 1.65. The Morgan fingerprint density at radius 3 is 2.92 bits per heavy atom. The average molecular weight is 180 g/mol. The molecule has 1 aliphatic rings. The molecule has 2 atom stereocenters. The Labute approximate surface area is 78.5 Å². The van der Waals surface area contributed by atoms with Crippen molar-refractivity contribution < 1.29 is 4.74 Å². The minimum atomic E-state index is 0.568. The van der Waals surface area contributed by atoms with Gasteiger partial charge in [-0.25, -0.2) is 0 Å². The number of fused-ring (bicyclic) bond motifs is 1. The second-order valence-electron chi connectivity index (χ2n) is 4.06. The molecule has 3 heteroatoms. The molecule has 2 unspecified atom stereocenters. The monoisotopic (exact) mass is 180 g/mol. The van der Waals surface area contributed by atoms with Gasteiger partial charge < -0.3 is 9.72 Å². The standard InChI is InChI=1S/C10H16N2O/c1-6-4-7(2)9-8(5-6)11-10(12-9)13-3/h6-7H,4-5H2,1-3H3,(H,11,12). The minimum absolute atomic E-state index is 0.568. The lowest BCUT2D eigenvalue weighted by Gasteiger charge is -2.22. The number of methoxy groups -OCH3 is 1. The fraction of sp³-hybridized carbons (Fsp3) is 0.700. The molecule has 3 nitrogen and oxygen atoms in total. The molecule has 0 radical (unpaired) electrons. The number of nitrogens with zero attached hydrogens (tertiary/aromatic N) is 1. The molecule has 0 spiro atoms. The summed E-state index contributed by atoms with van der Waals surface area (Å²) in [4.78, 5) is 7.62. The fourth-order valence-corrected chi connectivity index (χ4v) is 2.20. The van der Waals surface area contributed by atoms with Crippen LogP contribution in [0, 0.1) is 5.92 Å². The Morgan fingerprint density at radius 2 is 2.23 bits per heavy atom. The predicted molar refractivity (Wildman–Crippen MR) is 51.0 cm³/mol. The summed E-state index contributed by atoms with van der Waals surface area (Å²) >= 11 is 0. The van der Waals surface area contributed by atoms with Crippen molar-refractivity contribution in [2.45, 2.75) is 32.6 Å². The molecule has 0 fully saturated rings.